The number of hydrogen-bond acceptors (Lipinski definition) is 5. The quantitative estimate of drug-likeness (QED) is 0.869. The Morgan fingerprint density at radius 1 is 1.30 bits per heavy atom. The van der Waals surface area contributed by atoms with Gasteiger partial charge in [-0.2, -0.15) is 0 Å². The molecule has 1 aliphatic heterocycles. The third kappa shape index (κ3) is 4.42. The maximum Gasteiger partial charge on any atom is 0.133 e. The fourth-order valence-corrected chi connectivity index (χ4v) is 3.31. The van der Waals surface area contributed by atoms with Crippen LogP contribution in [0.4, 0.5) is 11.6 Å². The number of aromatic nitrogens is 2. The molecule has 3 rings (SSSR count). The van der Waals surface area contributed by atoms with Crippen molar-refractivity contribution in [3.63, 3.8) is 0 Å². The second kappa shape index (κ2) is 7.27. The lowest BCUT2D eigenvalue weighted by atomic mass is 10.2. The zero-order chi connectivity index (χ0) is 16.2. The van der Waals surface area contributed by atoms with E-state index >= 15 is 0 Å². The van der Waals surface area contributed by atoms with Crippen LogP contribution in [-0.2, 0) is 6.54 Å². The molecule has 1 aromatic carbocycles. The van der Waals surface area contributed by atoms with Crippen molar-refractivity contribution in [1.29, 1.82) is 0 Å². The minimum Gasteiger partial charge on any atom is -0.366 e. The van der Waals surface area contributed by atoms with Gasteiger partial charge in [0.25, 0.3) is 0 Å². The number of hydrogen-bond donors (Lipinski definition) is 1. The maximum absolute atomic E-state index is 4.33. The Balaban J connectivity index is 1.56. The standard InChI is InChI=1S/C17H22BrN5/c1-22(2)17-9-16(19-12-20-17)21-15-6-7-23(11-15)10-13-4-3-5-14(18)8-13/h3-5,8-9,12,15H,6-7,10-11H2,1-2H3,(H,19,20,21). The van der Waals surface area contributed by atoms with Crippen molar-refractivity contribution in [2.75, 3.05) is 37.4 Å². The molecule has 122 valence electrons. The van der Waals surface area contributed by atoms with E-state index in [0.717, 1.165) is 42.2 Å². The topological polar surface area (TPSA) is 44.3 Å². The smallest absolute Gasteiger partial charge is 0.133 e. The molecule has 1 N–H and O–H groups in total. The van der Waals surface area contributed by atoms with Crippen LogP contribution in [0.15, 0.2) is 41.1 Å². The highest BCUT2D eigenvalue weighted by atomic mass is 79.9. The lowest BCUT2D eigenvalue weighted by Crippen LogP contribution is -2.26. The maximum atomic E-state index is 4.33. The first-order valence-corrected chi connectivity index (χ1v) is 8.62. The van der Waals surface area contributed by atoms with Crippen molar-refractivity contribution in [2.24, 2.45) is 0 Å². The molecule has 0 aliphatic carbocycles. The summed E-state index contributed by atoms with van der Waals surface area (Å²) in [6.07, 6.45) is 2.75. The molecule has 1 unspecified atom stereocenters. The van der Waals surface area contributed by atoms with Crippen molar-refractivity contribution >= 4 is 27.6 Å². The normalized spacial score (nSPS) is 18.1. The third-order valence-electron chi connectivity index (χ3n) is 4.03. The van der Waals surface area contributed by atoms with Gasteiger partial charge in [0.05, 0.1) is 0 Å². The van der Waals surface area contributed by atoms with Crippen LogP contribution in [0.1, 0.15) is 12.0 Å². The molecule has 5 nitrogen and oxygen atoms in total. The Bertz CT molecular complexity index is 661. The van der Waals surface area contributed by atoms with Gasteiger partial charge >= 0.3 is 0 Å². The summed E-state index contributed by atoms with van der Waals surface area (Å²) < 4.78 is 1.14. The summed E-state index contributed by atoms with van der Waals surface area (Å²) in [6, 6.07) is 11.0. The van der Waals surface area contributed by atoms with E-state index in [9.17, 15) is 0 Å². The summed E-state index contributed by atoms with van der Waals surface area (Å²) in [6.45, 7) is 3.13. The first kappa shape index (κ1) is 16.2. The van der Waals surface area contributed by atoms with Gasteiger partial charge in [-0.3, -0.25) is 4.90 Å². The summed E-state index contributed by atoms with van der Waals surface area (Å²) in [5, 5.41) is 3.53. The van der Waals surface area contributed by atoms with Crippen LogP contribution in [0.3, 0.4) is 0 Å². The molecule has 6 heteroatoms. The number of likely N-dealkylation sites (tertiary alicyclic amines) is 1. The van der Waals surface area contributed by atoms with E-state index in [-0.39, 0.29) is 0 Å². The highest BCUT2D eigenvalue weighted by Gasteiger charge is 2.22. The second-order valence-corrected chi connectivity index (χ2v) is 7.07. The Morgan fingerprint density at radius 2 is 2.17 bits per heavy atom. The molecule has 23 heavy (non-hydrogen) atoms. The number of nitrogens with one attached hydrogen (secondary N) is 1. The highest BCUT2D eigenvalue weighted by molar-refractivity contribution is 9.10. The monoisotopic (exact) mass is 375 g/mol. The number of nitrogens with zero attached hydrogens (tertiary/aromatic N) is 4. The molecule has 1 saturated heterocycles. The van der Waals surface area contributed by atoms with Crippen molar-refractivity contribution in [3.8, 4) is 0 Å². The van der Waals surface area contributed by atoms with Gasteiger partial charge in [-0.1, -0.05) is 28.1 Å². The lowest BCUT2D eigenvalue weighted by Gasteiger charge is -2.18. The molecular formula is C17H22BrN5. The minimum absolute atomic E-state index is 0.437. The van der Waals surface area contributed by atoms with E-state index in [1.54, 1.807) is 6.33 Å². The van der Waals surface area contributed by atoms with Crippen LogP contribution >= 0.6 is 15.9 Å². The number of benzene rings is 1. The van der Waals surface area contributed by atoms with E-state index in [1.165, 1.54) is 5.56 Å². The van der Waals surface area contributed by atoms with Gasteiger partial charge in [-0.25, -0.2) is 9.97 Å². The Labute approximate surface area is 145 Å². The molecule has 0 amide bonds. The molecule has 0 bridgehead atoms. The van der Waals surface area contributed by atoms with Gasteiger partial charge in [0.2, 0.25) is 0 Å². The fourth-order valence-electron chi connectivity index (χ4n) is 2.87. The molecule has 1 fully saturated rings. The van der Waals surface area contributed by atoms with Crippen LogP contribution < -0.4 is 10.2 Å². The molecule has 0 radical (unpaired) electrons. The molecule has 1 atom stereocenters. The third-order valence-corrected chi connectivity index (χ3v) is 4.52. The molecule has 2 aromatic rings. The van der Waals surface area contributed by atoms with Crippen LogP contribution in [-0.4, -0.2) is 48.1 Å². The summed E-state index contributed by atoms with van der Waals surface area (Å²) in [5.41, 5.74) is 1.34. The van der Waals surface area contributed by atoms with Crippen LogP contribution in [0.5, 0.6) is 0 Å². The predicted octanol–water partition coefficient (Wildman–Crippen LogP) is 2.99. The van der Waals surface area contributed by atoms with Gasteiger partial charge in [-0.15, -0.1) is 0 Å². The summed E-state index contributed by atoms with van der Waals surface area (Å²) in [7, 11) is 3.98. The van der Waals surface area contributed by atoms with Gasteiger partial charge in [-0.05, 0) is 24.1 Å². The fraction of sp³-hybridized carbons (Fsp3) is 0.412. The zero-order valence-electron chi connectivity index (χ0n) is 13.5. The first-order valence-electron chi connectivity index (χ1n) is 7.83. The number of anilines is 2. The summed E-state index contributed by atoms with van der Waals surface area (Å²) >= 11 is 3.54. The van der Waals surface area contributed by atoms with Crippen molar-refractivity contribution in [2.45, 2.75) is 19.0 Å². The van der Waals surface area contributed by atoms with Crippen LogP contribution in [0, 0.1) is 0 Å². The Morgan fingerprint density at radius 3 is 2.96 bits per heavy atom. The second-order valence-electron chi connectivity index (χ2n) is 6.15. The molecular weight excluding hydrogens is 354 g/mol. The average molecular weight is 376 g/mol. The van der Waals surface area contributed by atoms with Crippen LogP contribution in [0.25, 0.3) is 0 Å². The van der Waals surface area contributed by atoms with E-state index in [1.807, 2.05) is 25.1 Å². The Hall–Kier alpha value is -1.66. The molecule has 2 heterocycles. The predicted molar refractivity (Wildman–Crippen MR) is 97.8 cm³/mol. The van der Waals surface area contributed by atoms with Crippen LogP contribution in [0.2, 0.25) is 0 Å². The lowest BCUT2D eigenvalue weighted by molar-refractivity contribution is 0.328. The molecule has 0 saturated carbocycles. The van der Waals surface area contributed by atoms with Gasteiger partial charge < -0.3 is 10.2 Å². The van der Waals surface area contributed by atoms with Gasteiger partial charge in [0.15, 0.2) is 0 Å². The molecule has 1 aromatic heterocycles. The Kier molecular flexibility index (Phi) is 5.13. The van der Waals surface area contributed by atoms with E-state index in [2.05, 4.69) is 60.4 Å². The SMILES string of the molecule is CN(C)c1cc(NC2CCN(Cc3cccc(Br)c3)C2)ncn1. The summed E-state index contributed by atoms with van der Waals surface area (Å²) in [5.74, 6) is 1.82. The highest BCUT2D eigenvalue weighted by Crippen LogP contribution is 2.20. The number of rotatable bonds is 5. The first-order chi connectivity index (χ1) is 11.1. The van der Waals surface area contributed by atoms with E-state index in [4.69, 9.17) is 0 Å². The largest absolute Gasteiger partial charge is 0.366 e. The number of halogens is 1. The van der Waals surface area contributed by atoms with Crippen molar-refractivity contribution in [3.05, 3.63) is 46.7 Å². The molecule has 1 aliphatic rings. The van der Waals surface area contributed by atoms with Gasteiger partial charge in [0.1, 0.15) is 18.0 Å². The minimum atomic E-state index is 0.437. The van der Waals surface area contributed by atoms with E-state index < -0.39 is 0 Å². The van der Waals surface area contributed by atoms with Crippen molar-refractivity contribution in [1.82, 2.24) is 14.9 Å². The van der Waals surface area contributed by atoms with Gasteiger partial charge in [0, 0.05) is 50.3 Å². The molecule has 0 spiro atoms. The zero-order valence-corrected chi connectivity index (χ0v) is 15.1. The van der Waals surface area contributed by atoms with Crippen molar-refractivity contribution < 1.29 is 0 Å². The summed E-state index contributed by atoms with van der Waals surface area (Å²) in [4.78, 5) is 13.1. The van der Waals surface area contributed by atoms with E-state index in [0.29, 0.717) is 6.04 Å². The average Bonchev–Trinajstić information content (AvgIpc) is 2.94.